The van der Waals surface area contributed by atoms with Crippen LogP contribution in [0.5, 0.6) is 11.5 Å². The van der Waals surface area contributed by atoms with Crippen LogP contribution in [0.15, 0.2) is 18.2 Å². The standard InChI is InChI=1S/C19H25NO6/c1-24-16-12-13(6-7-15(16)26-14-4-2-3-5-14)17(21)20-19(18(22)23)8-10-25-11-9-19/h6-7,12,14H,2-5,8-11H2,1H3,(H,20,21)(H,22,23). The Bertz CT molecular complexity index is 662. The highest BCUT2D eigenvalue weighted by Crippen LogP contribution is 2.32. The lowest BCUT2D eigenvalue weighted by Gasteiger charge is -2.33. The van der Waals surface area contributed by atoms with E-state index in [9.17, 15) is 14.7 Å². The molecule has 0 aromatic heterocycles. The van der Waals surface area contributed by atoms with Crippen LogP contribution in [0.3, 0.4) is 0 Å². The van der Waals surface area contributed by atoms with Gasteiger partial charge >= 0.3 is 5.97 Å². The summed E-state index contributed by atoms with van der Waals surface area (Å²) in [4.78, 5) is 24.3. The summed E-state index contributed by atoms with van der Waals surface area (Å²) in [6, 6.07) is 4.94. The molecule has 1 amide bonds. The molecule has 0 spiro atoms. The van der Waals surface area contributed by atoms with Crippen molar-refractivity contribution in [1.29, 1.82) is 0 Å². The number of ether oxygens (including phenoxy) is 3. The van der Waals surface area contributed by atoms with E-state index in [2.05, 4.69) is 5.32 Å². The van der Waals surface area contributed by atoms with Gasteiger partial charge in [0.25, 0.3) is 5.91 Å². The second-order valence-corrected chi connectivity index (χ2v) is 6.84. The minimum atomic E-state index is -1.29. The summed E-state index contributed by atoms with van der Waals surface area (Å²) in [7, 11) is 1.52. The summed E-state index contributed by atoms with van der Waals surface area (Å²) in [5.74, 6) is -0.404. The number of rotatable bonds is 6. The molecule has 0 bridgehead atoms. The molecule has 1 aromatic carbocycles. The molecule has 2 aliphatic rings. The minimum Gasteiger partial charge on any atom is -0.493 e. The van der Waals surface area contributed by atoms with Crippen molar-refractivity contribution >= 4 is 11.9 Å². The van der Waals surface area contributed by atoms with E-state index in [1.807, 2.05) is 0 Å². The Morgan fingerprint density at radius 3 is 2.50 bits per heavy atom. The number of amides is 1. The molecule has 26 heavy (non-hydrogen) atoms. The number of carboxylic acids is 1. The number of methoxy groups -OCH3 is 1. The first kappa shape index (κ1) is 18.5. The van der Waals surface area contributed by atoms with E-state index in [1.165, 1.54) is 7.11 Å². The zero-order chi connectivity index (χ0) is 18.6. The van der Waals surface area contributed by atoms with Crippen LogP contribution < -0.4 is 14.8 Å². The van der Waals surface area contributed by atoms with Crippen LogP contribution in [-0.4, -0.2) is 48.9 Å². The summed E-state index contributed by atoms with van der Waals surface area (Å²) < 4.78 is 16.6. The van der Waals surface area contributed by atoms with E-state index in [0.717, 1.165) is 25.7 Å². The highest BCUT2D eigenvalue weighted by molar-refractivity contribution is 5.98. The first-order chi connectivity index (χ1) is 12.5. The van der Waals surface area contributed by atoms with Crippen molar-refractivity contribution in [2.24, 2.45) is 0 Å². The topological polar surface area (TPSA) is 94.1 Å². The van der Waals surface area contributed by atoms with Gasteiger partial charge in [0.1, 0.15) is 5.54 Å². The minimum absolute atomic E-state index is 0.182. The van der Waals surface area contributed by atoms with E-state index in [0.29, 0.717) is 30.3 Å². The molecule has 1 saturated heterocycles. The molecule has 7 nitrogen and oxygen atoms in total. The van der Waals surface area contributed by atoms with Gasteiger partial charge in [-0.2, -0.15) is 0 Å². The summed E-state index contributed by atoms with van der Waals surface area (Å²) in [6.45, 7) is 0.619. The van der Waals surface area contributed by atoms with Crippen molar-refractivity contribution in [2.45, 2.75) is 50.2 Å². The van der Waals surface area contributed by atoms with Crippen molar-refractivity contribution in [1.82, 2.24) is 5.32 Å². The van der Waals surface area contributed by atoms with E-state index < -0.39 is 17.4 Å². The van der Waals surface area contributed by atoms with E-state index in [-0.39, 0.29) is 18.9 Å². The maximum atomic E-state index is 12.6. The number of hydrogen-bond acceptors (Lipinski definition) is 5. The summed E-state index contributed by atoms with van der Waals surface area (Å²) in [6.07, 6.45) is 5.04. The summed E-state index contributed by atoms with van der Waals surface area (Å²) >= 11 is 0. The average Bonchev–Trinajstić information content (AvgIpc) is 3.15. The van der Waals surface area contributed by atoms with Crippen LogP contribution in [-0.2, 0) is 9.53 Å². The van der Waals surface area contributed by atoms with Gasteiger partial charge in [0.15, 0.2) is 11.5 Å². The van der Waals surface area contributed by atoms with Crippen LogP contribution in [0.25, 0.3) is 0 Å². The SMILES string of the molecule is COc1cc(C(=O)NC2(C(=O)O)CCOCC2)ccc1OC1CCCC1. The van der Waals surface area contributed by atoms with Crippen molar-refractivity contribution in [3.8, 4) is 11.5 Å². The zero-order valence-electron chi connectivity index (χ0n) is 15.0. The molecule has 1 aromatic rings. The lowest BCUT2D eigenvalue weighted by Crippen LogP contribution is -2.57. The molecule has 0 unspecified atom stereocenters. The van der Waals surface area contributed by atoms with Gasteiger partial charge in [-0.15, -0.1) is 0 Å². The first-order valence-electron chi connectivity index (χ1n) is 9.02. The second-order valence-electron chi connectivity index (χ2n) is 6.84. The van der Waals surface area contributed by atoms with Gasteiger partial charge in [0.05, 0.1) is 13.2 Å². The third-order valence-electron chi connectivity index (χ3n) is 5.13. The average molecular weight is 363 g/mol. The zero-order valence-corrected chi connectivity index (χ0v) is 15.0. The monoisotopic (exact) mass is 363 g/mol. The van der Waals surface area contributed by atoms with Crippen molar-refractivity contribution in [3.63, 3.8) is 0 Å². The van der Waals surface area contributed by atoms with E-state index in [1.54, 1.807) is 18.2 Å². The van der Waals surface area contributed by atoms with Gasteiger partial charge in [0, 0.05) is 31.6 Å². The number of carbonyl (C=O) groups is 2. The van der Waals surface area contributed by atoms with Crippen LogP contribution in [0.1, 0.15) is 48.9 Å². The fraction of sp³-hybridized carbons (Fsp3) is 0.579. The second kappa shape index (κ2) is 7.95. The molecule has 0 atom stereocenters. The first-order valence-corrected chi connectivity index (χ1v) is 9.02. The summed E-state index contributed by atoms with van der Waals surface area (Å²) in [5, 5.41) is 12.3. The third-order valence-corrected chi connectivity index (χ3v) is 5.13. The van der Waals surface area contributed by atoms with Gasteiger partial charge in [0.2, 0.25) is 0 Å². The number of hydrogen-bond donors (Lipinski definition) is 2. The molecule has 7 heteroatoms. The van der Waals surface area contributed by atoms with Gasteiger partial charge in [-0.25, -0.2) is 4.79 Å². The molecule has 1 aliphatic heterocycles. The van der Waals surface area contributed by atoms with Crippen molar-refractivity contribution in [2.75, 3.05) is 20.3 Å². The van der Waals surface area contributed by atoms with Crippen LogP contribution in [0, 0.1) is 0 Å². The van der Waals surface area contributed by atoms with Gasteiger partial charge in [-0.05, 0) is 43.9 Å². The predicted octanol–water partition coefficient (Wildman–Crippen LogP) is 2.38. The molecule has 2 fully saturated rings. The van der Waals surface area contributed by atoms with Crippen LogP contribution >= 0.6 is 0 Å². The fourth-order valence-corrected chi connectivity index (χ4v) is 3.49. The largest absolute Gasteiger partial charge is 0.493 e. The molecule has 1 saturated carbocycles. The maximum Gasteiger partial charge on any atom is 0.329 e. The highest BCUT2D eigenvalue weighted by Gasteiger charge is 2.41. The van der Waals surface area contributed by atoms with Crippen molar-refractivity contribution in [3.05, 3.63) is 23.8 Å². The maximum absolute atomic E-state index is 12.6. The van der Waals surface area contributed by atoms with Crippen LogP contribution in [0.2, 0.25) is 0 Å². The number of aliphatic carboxylic acids is 1. The van der Waals surface area contributed by atoms with Crippen molar-refractivity contribution < 1.29 is 28.9 Å². The quantitative estimate of drug-likeness (QED) is 0.806. The Balaban J connectivity index is 1.75. The third kappa shape index (κ3) is 3.93. The van der Waals surface area contributed by atoms with E-state index in [4.69, 9.17) is 14.2 Å². The normalized spacial score (nSPS) is 19.7. The number of carbonyl (C=O) groups excluding carboxylic acids is 1. The lowest BCUT2D eigenvalue weighted by molar-refractivity contribution is -0.148. The molecule has 1 heterocycles. The Morgan fingerprint density at radius 1 is 1.19 bits per heavy atom. The molecular weight excluding hydrogens is 338 g/mol. The number of benzene rings is 1. The highest BCUT2D eigenvalue weighted by atomic mass is 16.5. The Kier molecular flexibility index (Phi) is 5.66. The molecule has 1 aliphatic carbocycles. The predicted molar refractivity (Wildman–Crippen MR) is 93.8 cm³/mol. The van der Waals surface area contributed by atoms with Gasteiger partial charge < -0.3 is 24.6 Å². The van der Waals surface area contributed by atoms with Gasteiger partial charge in [-0.1, -0.05) is 0 Å². The fourth-order valence-electron chi connectivity index (χ4n) is 3.49. The Morgan fingerprint density at radius 2 is 1.88 bits per heavy atom. The number of carboxylic acid groups (broad SMARTS) is 1. The molecular formula is C19H25NO6. The smallest absolute Gasteiger partial charge is 0.329 e. The Hall–Kier alpha value is -2.28. The summed E-state index contributed by atoms with van der Waals surface area (Å²) in [5.41, 5.74) is -0.950. The molecule has 2 N–H and O–H groups in total. The number of nitrogens with one attached hydrogen (secondary N) is 1. The van der Waals surface area contributed by atoms with E-state index >= 15 is 0 Å². The Labute approximate surface area is 152 Å². The lowest BCUT2D eigenvalue weighted by atomic mass is 9.89. The molecule has 142 valence electrons. The van der Waals surface area contributed by atoms with Crippen LogP contribution in [0.4, 0.5) is 0 Å². The molecule has 3 rings (SSSR count). The van der Waals surface area contributed by atoms with Gasteiger partial charge in [-0.3, -0.25) is 4.79 Å². The molecule has 0 radical (unpaired) electrons.